The first-order valence-electron chi connectivity index (χ1n) is 10.7. The van der Waals surface area contributed by atoms with E-state index in [2.05, 4.69) is 41.5 Å². The van der Waals surface area contributed by atoms with Gasteiger partial charge in [-0.05, 0) is 56.5 Å². The zero-order valence-electron chi connectivity index (χ0n) is 18.4. The molecule has 5 aromatic rings. The topological polar surface area (TPSA) is 123 Å². The molecule has 9 nitrogen and oxygen atoms in total. The lowest BCUT2D eigenvalue weighted by atomic mass is 10.0. The minimum absolute atomic E-state index is 0.0420. The number of hydrogen-bond acceptors (Lipinski definition) is 6. The van der Waals surface area contributed by atoms with Crippen LogP contribution in [0, 0.1) is 0 Å². The van der Waals surface area contributed by atoms with Gasteiger partial charge in [0.1, 0.15) is 17.2 Å². The van der Waals surface area contributed by atoms with E-state index in [9.17, 15) is 9.90 Å². The number of aromatic nitrogens is 6. The molecule has 0 saturated heterocycles. The molecule has 0 aliphatic heterocycles. The highest BCUT2D eigenvalue weighted by Gasteiger charge is 2.22. The molecule has 0 aliphatic carbocycles. The summed E-state index contributed by atoms with van der Waals surface area (Å²) in [5, 5.41) is 24.7. The average molecular weight is 554 g/mol. The average Bonchev–Trinajstić information content (AvgIpc) is 3.56. The van der Waals surface area contributed by atoms with Gasteiger partial charge in [0.15, 0.2) is 16.7 Å². The summed E-state index contributed by atoms with van der Waals surface area (Å²) < 4.78 is 8.56. The Morgan fingerprint density at radius 1 is 1.26 bits per heavy atom. The third kappa shape index (κ3) is 4.26. The maximum absolute atomic E-state index is 11.9. The number of aromatic carboxylic acids is 1. The van der Waals surface area contributed by atoms with Gasteiger partial charge in [-0.25, -0.2) is 14.9 Å². The summed E-state index contributed by atoms with van der Waals surface area (Å²) in [6.45, 7) is 2.26. The SMILES string of the molecule is CC/C=C/c1nc(Cl)c(C(=O)O)n1Cc1ccc2oc(-c3ccccc3-c3nnn[nH]3)c(Br)c2c1. The van der Waals surface area contributed by atoms with Crippen LogP contribution in [0.1, 0.15) is 35.2 Å². The molecule has 0 amide bonds. The van der Waals surface area contributed by atoms with Crippen molar-refractivity contribution >= 4 is 50.5 Å². The molecule has 0 fully saturated rings. The van der Waals surface area contributed by atoms with Gasteiger partial charge in [-0.3, -0.25) is 0 Å². The Balaban J connectivity index is 1.58. The first-order valence-corrected chi connectivity index (χ1v) is 11.8. The number of tetrazole rings is 1. The second-order valence-corrected chi connectivity index (χ2v) is 8.83. The summed E-state index contributed by atoms with van der Waals surface area (Å²) >= 11 is 9.85. The number of imidazole rings is 1. The number of carboxylic acid groups (broad SMARTS) is 1. The molecule has 35 heavy (non-hydrogen) atoms. The molecule has 0 atom stereocenters. The molecule has 5 rings (SSSR count). The van der Waals surface area contributed by atoms with E-state index in [1.54, 1.807) is 10.6 Å². The van der Waals surface area contributed by atoms with Gasteiger partial charge in [-0.2, -0.15) is 0 Å². The summed E-state index contributed by atoms with van der Waals surface area (Å²) in [7, 11) is 0. The predicted octanol–water partition coefficient (Wildman–Crippen LogP) is 6.06. The molecule has 3 heterocycles. The summed E-state index contributed by atoms with van der Waals surface area (Å²) in [6, 6.07) is 13.4. The van der Waals surface area contributed by atoms with Crippen molar-refractivity contribution in [3.05, 3.63) is 75.2 Å². The van der Waals surface area contributed by atoms with Crippen molar-refractivity contribution in [3.63, 3.8) is 0 Å². The standard InChI is InChI=1S/C24H18BrClN6O3/c1-2-3-8-18-27-22(26)20(24(33)34)32(18)12-13-9-10-17-16(11-13)19(25)21(35-17)14-6-4-5-7-15(14)23-28-30-31-29-23/h3-11H,2,12H2,1H3,(H,33,34)(H,28,29,30,31)/b8-3+. The minimum atomic E-state index is -1.13. The van der Waals surface area contributed by atoms with E-state index in [1.165, 1.54) is 0 Å². The molecular weight excluding hydrogens is 536 g/mol. The monoisotopic (exact) mass is 552 g/mol. The van der Waals surface area contributed by atoms with Crippen LogP contribution in [-0.4, -0.2) is 41.3 Å². The molecule has 2 N–H and O–H groups in total. The highest BCUT2D eigenvalue weighted by molar-refractivity contribution is 9.10. The lowest BCUT2D eigenvalue weighted by molar-refractivity contribution is 0.0685. The number of hydrogen-bond donors (Lipinski definition) is 2. The highest BCUT2D eigenvalue weighted by Crippen LogP contribution is 2.41. The predicted molar refractivity (Wildman–Crippen MR) is 135 cm³/mol. The largest absolute Gasteiger partial charge is 0.476 e. The number of nitrogens with zero attached hydrogens (tertiary/aromatic N) is 5. The van der Waals surface area contributed by atoms with Gasteiger partial charge in [-0.1, -0.05) is 54.9 Å². The number of nitrogens with one attached hydrogen (secondary N) is 1. The normalized spacial score (nSPS) is 11.6. The lowest BCUT2D eigenvalue weighted by Gasteiger charge is -2.08. The zero-order chi connectivity index (χ0) is 24.5. The number of benzene rings is 2. The number of aromatic amines is 1. The van der Waals surface area contributed by atoms with Crippen molar-refractivity contribution in [1.82, 2.24) is 30.2 Å². The third-order valence-electron chi connectivity index (χ3n) is 5.46. The van der Waals surface area contributed by atoms with Crippen LogP contribution in [0.15, 0.2) is 57.4 Å². The van der Waals surface area contributed by atoms with E-state index in [0.717, 1.165) is 33.0 Å². The van der Waals surface area contributed by atoms with Crippen LogP contribution in [0.25, 0.3) is 39.8 Å². The zero-order valence-corrected chi connectivity index (χ0v) is 20.7. The van der Waals surface area contributed by atoms with Crippen molar-refractivity contribution in [2.75, 3.05) is 0 Å². The number of carbonyl (C=O) groups is 1. The van der Waals surface area contributed by atoms with Crippen molar-refractivity contribution in [3.8, 4) is 22.7 Å². The first-order chi connectivity index (χ1) is 17.0. The molecule has 0 saturated carbocycles. The number of H-pyrrole nitrogens is 1. The van der Waals surface area contributed by atoms with Crippen LogP contribution in [0.5, 0.6) is 0 Å². The summed E-state index contributed by atoms with van der Waals surface area (Å²) in [5.41, 5.74) is 3.10. The number of carboxylic acids is 1. The molecule has 0 bridgehead atoms. The van der Waals surface area contributed by atoms with Crippen molar-refractivity contribution in [1.29, 1.82) is 0 Å². The third-order valence-corrected chi connectivity index (χ3v) is 6.52. The second-order valence-electron chi connectivity index (χ2n) is 7.68. The van der Waals surface area contributed by atoms with Crippen LogP contribution in [0.4, 0.5) is 0 Å². The van der Waals surface area contributed by atoms with E-state index >= 15 is 0 Å². The number of rotatable bonds is 7. The van der Waals surface area contributed by atoms with Gasteiger partial charge >= 0.3 is 5.97 Å². The molecule has 0 spiro atoms. The van der Waals surface area contributed by atoms with E-state index in [4.69, 9.17) is 16.0 Å². The van der Waals surface area contributed by atoms with Gasteiger partial charge in [0.05, 0.1) is 4.47 Å². The Morgan fingerprint density at radius 3 is 2.77 bits per heavy atom. The van der Waals surface area contributed by atoms with E-state index in [1.807, 2.05) is 55.5 Å². The van der Waals surface area contributed by atoms with Gasteiger partial charge in [0, 0.05) is 23.1 Å². The van der Waals surface area contributed by atoms with Crippen LogP contribution < -0.4 is 0 Å². The molecular formula is C24H18BrClN6O3. The summed E-state index contributed by atoms with van der Waals surface area (Å²) in [4.78, 5) is 16.1. The van der Waals surface area contributed by atoms with Crippen molar-refractivity contribution in [2.24, 2.45) is 0 Å². The minimum Gasteiger partial charge on any atom is -0.476 e. The molecule has 3 aromatic heterocycles. The first kappa shape index (κ1) is 23.0. The summed E-state index contributed by atoms with van der Waals surface area (Å²) in [6.07, 6.45) is 4.47. The molecule has 0 aliphatic rings. The van der Waals surface area contributed by atoms with Crippen LogP contribution in [-0.2, 0) is 6.54 Å². The van der Waals surface area contributed by atoms with Crippen molar-refractivity contribution in [2.45, 2.75) is 19.9 Å². The quantitative estimate of drug-likeness (QED) is 0.251. The Kier molecular flexibility index (Phi) is 6.23. The van der Waals surface area contributed by atoms with Crippen LogP contribution in [0.3, 0.4) is 0 Å². The number of fused-ring (bicyclic) bond motifs is 1. The van der Waals surface area contributed by atoms with Crippen LogP contribution in [0.2, 0.25) is 5.15 Å². The smallest absolute Gasteiger partial charge is 0.355 e. The maximum atomic E-state index is 11.9. The number of furan rings is 1. The Morgan fingerprint density at radius 2 is 2.06 bits per heavy atom. The van der Waals surface area contributed by atoms with Crippen LogP contribution >= 0.6 is 27.5 Å². The highest BCUT2D eigenvalue weighted by atomic mass is 79.9. The Bertz CT molecular complexity index is 1570. The maximum Gasteiger partial charge on any atom is 0.355 e. The van der Waals surface area contributed by atoms with E-state index in [-0.39, 0.29) is 17.4 Å². The van der Waals surface area contributed by atoms with Gasteiger partial charge in [-0.15, -0.1) is 5.10 Å². The fraction of sp³-hybridized carbons (Fsp3) is 0.125. The van der Waals surface area contributed by atoms with E-state index < -0.39 is 5.97 Å². The van der Waals surface area contributed by atoms with Gasteiger partial charge in [0.25, 0.3) is 0 Å². The molecule has 0 unspecified atom stereocenters. The number of allylic oxidation sites excluding steroid dienone is 1. The van der Waals surface area contributed by atoms with E-state index in [0.29, 0.717) is 23.0 Å². The molecule has 176 valence electrons. The Hall–Kier alpha value is -3.76. The van der Waals surface area contributed by atoms with Crippen molar-refractivity contribution < 1.29 is 14.3 Å². The molecule has 2 aromatic carbocycles. The number of halogens is 2. The Labute approximate surface area is 212 Å². The molecule has 11 heteroatoms. The molecule has 0 radical (unpaired) electrons. The van der Waals surface area contributed by atoms with Gasteiger partial charge < -0.3 is 14.1 Å². The fourth-order valence-corrected chi connectivity index (χ4v) is 4.76. The summed E-state index contributed by atoms with van der Waals surface area (Å²) in [5.74, 6) is 0.507. The second kappa shape index (κ2) is 9.47. The van der Waals surface area contributed by atoms with Gasteiger partial charge in [0.2, 0.25) is 0 Å². The fourth-order valence-electron chi connectivity index (χ4n) is 3.88. The lowest BCUT2D eigenvalue weighted by Crippen LogP contribution is -2.11.